The number of carbonyl (C=O) groups is 1. The van der Waals surface area contributed by atoms with Crippen molar-refractivity contribution in [2.75, 3.05) is 26.4 Å². The van der Waals surface area contributed by atoms with Gasteiger partial charge in [0.15, 0.2) is 5.12 Å². The Bertz CT molecular complexity index is 1040. The summed E-state index contributed by atoms with van der Waals surface area (Å²) in [6.07, 6.45) is 0.362. The molecule has 0 bridgehead atoms. The number of hydrogen-bond acceptors (Lipinski definition) is 4. The smallest absolute Gasteiger partial charge is 0.675 e. The van der Waals surface area contributed by atoms with E-state index in [-0.39, 0.29) is 62.1 Å². The largest absolute Gasteiger partial charge is 1.00 e. The molecule has 0 saturated heterocycles. The molecular weight excluding hydrogens is 445 g/mol. The number of carbonyl (C=O) groups excluding carboxylic acids is 1. The van der Waals surface area contributed by atoms with E-state index in [9.17, 15) is 9.59 Å². The zero-order valence-corrected chi connectivity index (χ0v) is 22.1. The quantitative estimate of drug-likeness (QED) is 0.511. The molecule has 1 N–H and O–H groups in total. The summed E-state index contributed by atoms with van der Waals surface area (Å²) < 4.78 is 0. The molecule has 0 spiro atoms. The molecule has 5 nitrogen and oxygen atoms in total. The van der Waals surface area contributed by atoms with Gasteiger partial charge < -0.3 is 15.2 Å². The second-order valence-electron chi connectivity index (χ2n) is 7.00. The number of benzene rings is 2. The van der Waals surface area contributed by atoms with Crippen LogP contribution >= 0.6 is 23.4 Å². The Morgan fingerprint density at radius 2 is 1.87 bits per heavy atom. The van der Waals surface area contributed by atoms with E-state index in [2.05, 4.69) is 10.3 Å². The van der Waals surface area contributed by atoms with E-state index in [4.69, 9.17) is 11.6 Å². The van der Waals surface area contributed by atoms with Crippen LogP contribution in [-0.2, 0) is 11.2 Å². The number of nitrogens with one attached hydrogen (secondary N) is 1. The number of pyridine rings is 1. The van der Waals surface area contributed by atoms with Crippen molar-refractivity contribution in [3.05, 3.63) is 80.9 Å². The van der Waals surface area contributed by atoms with Gasteiger partial charge in [0.1, 0.15) is 0 Å². The Labute approximate surface area is 228 Å². The van der Waals surface area contributed by atoms with Gasteiger partial charge in [-0.05, 0) is 50.3 Å². The van der Waals surface area contributed by atoms with Crippen LogP contribution in [-0.4, -0.2) is 47.4 Å². The maximum absolute atomic E-state index is 13.0. The van der Waals surface area contributed by atoms with Gasteiger partial charge in [0.25, 0.3) is 0 Å². The van der Waals surface area contributed by atoms with Crippen LogP contribution in [0.2, 0.25) is 5.02 Å². The Morgan fingerprint density at radius 1 is 1.17 bits per heavy atom. The number of halogens is 1. The van der Waals surface area contributed by atoms with E-state index in [1.54, 1.807) is 30.3 Å². The zero-order valence-electron chi connectivity index (χ0n) is 17.4. The van der Waals surface area contributed by atoms with Gasteiger partial charge in [-0.3, -0.25) is 9.59 Å². The molecule has 2 aromatic carbocycles. The van der Waals surface area contributed by atoms with Crippen LogP contribution in [0.25, 0.3) is 16.2 Å². The SMILES string of the molecule is CN(C)CCSC(=O)C(Cc1cc(=O)[nH]c2ccccc12)[N-]c1ccc(Cl)cc1.[K+]. The summed E-state index contributed by atoms with van der Waals surface area (Å²) in [5, 5.41) is 6.21. The Kier molecular flexibility index (Phi) is 10.6. The molecule has 0 aliphatic carbocycles. The molecular formula is C22H23ClKN3O2S. The first-order valence-corrected chi connectivity index (χ1v) is 10.7. The second-order valence-corrected chi connectivity index (χ2v) is 8.54. The van der Waals surface area contributed by atoms with Crippen molar-refractivity contribution in [3.8, 4) is 0 Å². The van der Waals surface area contributed by atoms with E-state index >= 15 is 0 Å². The van der Waals surface area contributed by atoms with E-state index in [1.807, 2.05) is 43.3 Å². The molecule has 1 aromatic heterocycles. The molecule has 8 heteroatoms. The molecule has 0 amide bonds. The summed E-state index contributed by atoms with van der Waals surface area (Å²) in [4.78, 5) is 29.9. The fourth-order valence-corrected chi connectivity index (χ4v) is 4.08. The van der Waals surface area contributed by atoms with Crippen LogP contribution in [0.15, 0.2) is 59.4 Å². The third-order valence-corrected chi connectivity index (χ3v) is 5.63. The average molecular weight is 468 g/mol. The third-order valence-electron chi connectivity index (χ3n) is 4.44. The monoisotopic (exact) mass is 467 g/mol. The van der Waals surface area contributed by atoms with Crippen LogP contribution in [0.5, 0.6) is 0 Å². The summed E-state index contributed by atoms with van der Waals surface area (Å²) in [7, 11) is 3.95. The number of thioether (sulfide) groups is 1. The molecule has 30 heavy (non-hydrogen) atoms. The van der Waals surface area contributed by atoms with Crippen molar-refractivity contribution in [1.82, 2.24) is 9.88 Å². The van der Waals surface area contributed by atoms with E-state index in [0.29, 0.717) is 22.9 Å². The first kappa shape index (κ1) is 25.6. The summed E-state index contributed by atoms with van der Waals surface area (Å²) >= 11 is 7.24. The molecule has 3 rings (SSSR count). The van der Waals surface area contributed by atoms with E-state index in [1.165, 1.54) is 11.8 Å². The fraction of sp³-hybridized carbons (Fsp3) is 0.273. The van der Waals surface area contributed by atoms with Gasteiger partial charge in [0.05, 0.1) is 0 Å². The van der Waals surface area contributed by atoms with Crippen molar-refractivity contribution in [3.63, 3.8) is 0 Å². The number of para-hydroxylation sites is 1. The molecule has 3 aromatic rings. The van der Waals surface area contributed by atoms with Crippen LogP contribution in [0, 0.1) is 0 Å². The molecule has 0 radical (unpaired) electrons. The van der Waals surface area contributed by atoms with Gasteiger partial charge >= 0.3 is 51.4 Å². The van der Waals surface area contributed by atoms with Gasteiger partial charge in [-0.2, -0.15) is 0 Å². The summed E-state index contributed by atoms with van der Waals surface area (Å²) in [5.74, 6) is 0.689. The molecule has 0 saturated carbocycles. The molecule has 1 heterocycles. The fourth-order valence-electron chi connectivity index (χ4n) is 2.97. The van der Waals surface area contributed by atoms with Gasteiger partial charge in [-0.1, -0.05) is 53.7 Å². The van der Waals surface area contributed by atoms with Gasteiger partial charge in [0, 0.05) is 34.3 Å². The molecule has 1 atom stereocenters. The Morgan fingerprint density at radius 3 is 2.57 bits per heavy atom. The normalized spacial score (nSPS) is 11.9. The number of aromatic nitrogens is 1. The molecule has 0 aliphatic heterocycles. The standard InChI is InChI=1S/C22H23ClN3O2S.K/c1-26(2)11-12-29-22(28)20(24-17-9-7-16(23)8-10-17)13-15-14-21(27)25-19-6-4-3-5-18(15)19;/h3-10,14,20H,11-13H2,1-2H3,(H,25,27);/q-1;+1. The minimum Gasteiger partial charge on any atom is -0.675 e. The Balaban J connectivity index is 0.00000320. The van der Waals surface area contributed by atoms with Gasteiger partial charge in [-0.25, -0.2) is 0 Å². The van der Waals surface area contributed by atoms with Crippen LogP contribution in [0.1, 0.15) is 5.56 Å². The maximum atomic E-state index is 13.0. The number of fused-ring (bicyclic) bond motifs is 1. The van der Waals surface area contributed by atoms with E-state index < -0.39 is 6.04 Å². The second kappa shape index (κ2) is 12.4. The number of hydrogen-bond donors (Lipinski definition) is 1. The van der Waals surface area contributed by atoms with Crippen LogP contribution < -0.4 is 56.9 Å². The first-order valence-electron chi connectivity index (χ1n) is 9.31. The molecule has 1 unspecified atom stereocenters. The number of rotatable bonds is 8. The zero-order chi connectivity index (χ0) is 20.8. The van der Waals surface area contributed by atoms with Crippen molar-refractivity contribution < 1.29 is 56.2 Å². The number of aromatic amines is 1. The maximum Gasteiger partial charge on any atom is 1.00 e. The predicted molar refractivity (Wildman–Crippen MR) is 123 cm³/mol. The Hall–Kier alpha value is -0.644. The van der Waals surface area contributed by atoms with Crippen molar-refractivity contribution >= 4 is 45.1 Å². The van der Waals surface area contributed by atoms with Crippen molar-refractivity contribution in [2.24, 2.45) is 0 Å². The number of H-pyrrole nitrogens is 1. The van der Waals surface area contributed by atoms with Crippen LogP contribution in [0.4, 0.5) is 5.69 Å². The average Bonchev–Trinajstić information content (AvgIpc) is 2.68. The van der Waals surface area contributed by atoms with Crippen LogP contribution in [0.3, 0.4) is 0 Å². The molecule has 0 aliphatic rings. The van der Waals surface area contributed by atoms with Crippen molar-refractivity contribution in [2.45, 2.75) is 12.5 Å². The molecule has 0 fully saturated rings. The topological polar surface area (TPSA) is 67.3 Å². The minimum absolute atomic E-state index is 0. The molecule has 152 valence electrons. The predicted octanol–water partition coefficient (Wildman–Crippen LogP) is 1.62. The van der Waals surface area contributed by atoms with Gasteiger partial charge in [-0.15, -0.1) is 5.69 Å². The summed E-state index contributed by atoms with van der Waals surface area (Å²) in [5.41, 5.74) is 2.08. The summed E-state index contributed by atoms with van der Waals surface area (Å²) in [6.45, 7) is 0.804. The van der Waals surface area contributed by atoms with Crippen molar-refractivity contribution in [1.29, 1.82) is 0 Å². The first-order chi connectivity index (χ1) is 13.9. The summed E-state index contributed by atoms with van der Waals surface area (Å²) in [6, 6.07) is 15.7. The van der Waals surface area contributed by atoms with Gasteiger partial charge in [0.2, 0.25) is 5.56 Å². The van der Waals surface area contributed by atoms with E-state index in [0.717, 1.165) is 23.0 Å². The third kappa shape index (κ3) is 7.49. The minimum atomic E-state index is -0.589. The number of nitrogens with zero attached hydrogens (tertiary/aromatic N) is 2.